The van der Waals surface area contributed by atoms with E-state index in [0.29, 0.717) is 23.9 Å². The molecule has 6 nitrogen and oxygen atoms in total. The van der Waals surface area contributed by atoms with Gasteiger partial charge >= 0.3 is 11.9 Å². The van der Waals surface area contributed by atoms with Gasteiger partial charge in [-0.05, 0) is 19.8 Å². The van der Waals surface area contributed by atoms with E-state index in [1.807, 2.05) is 21.0 Å². The van der Waals surface area contributed by atoms with Crippen LogP contribution in [0.15, 0.2) is 0 Å². The molecule has 0 bridgehead atoms. The third-order valence-corrected chi connectivity index (χ3v) is 10.5. The number of likely N-dealkylation sites (N-methyl/N-ethyl adjacent to an activating group) is 1. The minimum atomic E-state index is -0.858. The summed E-state index contributed by atoms with van der Waals surface area (Å²) in [6.45, 7) is 6.89. The van der Waals surface area contributed by atoms with Crippen molar-refractivity contribution in [3.05, 3.63) is 0 Å². The Hall–Kier alpha value is -0.660. The number of halogens is 1. The lowest BCUT2D eigenvalue weighted by molar-refractivity contribution is -0.937. The molecule has 0 aliphatic carbocycles. The molecule has 50 heavy (non-hydrogen) atoms. The van der Waals surface area contributed by atoms with Crippen LogP contribution in [0.25, 0.3) is 0 Å². The fourth-order valence-electron chi connectivity index (χ4n) is 6.74. The van der Waals surface area contributed by atoms with Gasteiger partial charge in [0.15, 0.2) is 0 Å². The SMILES string of the molecule is CCCCCCCCCCCCCCCCCC(=O)OC(CO)C(OC(=O)CCCCCCCCCCCCCCCCC)[N+](C)(C)CC.[Br-]. The smallest absolute Gasteiger partial charge is 0.310 e. The van der Waals surface area contributed by atoms with Gasteiger partial charge in [-0.15, -0.1) is 0 Å². The summed E-state index contributed by atoms with van der Waals surface area (Å²) in [7, 11) is 3.91. The predicted octanol–water partition coefficient (Wildman–Crippen LogP) is 9.38. The zero-order valence-electron chi connectivity index (χ0n) is 34.1. The number of hydrogen-bond donors (Lipinski definition) is 1. The Morgan fingerprint density at radius 1 is 0.460 bits per heavy atom. The molecule has 0 aromatic carbocycles. The van der Waals surface area contributed by atoms with Crippen LogP contribution in [0.2, 0.25) is 0 Å². The molecule has 300 valence electrons. The first-order chi connectivity index (χ1) is 23.8. The number of quaternary nitrogens is 1. The van der Waals surface area contributed by atoms with E-state index in [2.05, 4.69) is 13.8 Å². The van der Waals surface area contributed by atoms with Gasteiger partial charge in [0.05, 0.1) is 27.2 Å². The van der Waals surface area contributed by atoms with Crippen molar-refractivity contribution < 1.29 is 45.6 Å². The first-order valence-electron chi connectivity index (χ1n) is 21.6. The highest BCUT2D eigenvalue weighted by Gasteiger charge is 2.40. The van der Waals surface area contributed by atoms with Gasteiger partial charge in [-0.25, -0.2) is 0 Å². The number of esters is 2. The highest BCUT2D eigenvalue weighted by Crippen LogP contribution is 2.20. The van der Waals surface area contributed by atoms with Crippen molar-refractivity contribution in [3.8, 4) is 0 Å². The molecule has 0 aromatic rings. The number of unbranched alkanes of at least 4 members (excludes halogenated alkanes) is 28. The van der Waals surface area contributed by atoms with Crippen molar-refractivity contribution in [2.75, 3.05) is 27.2 Å². The Labute approximate surface area is 322 Å². The molecule has 0 spiro atoms. The third-order valence-electron chi connectivity index (χ3n) is 10.5. The highest BCUT2D eigenvalue weighted by atomic mass is 79.9. The second kappa shape index (κ2) is 38.1. The zero-order valence-corrected chi connectivity index (χ0v) is 35.7. The summed E-state index contributed by atoms with van der Waals surface area (Å²) in [6.07, 6.45) is 37.6. The number of hydrogen-bond acceptors (Lipinski definition) is 5. The number of aliphatic hydroxyl groups is 1. The molecule has 0 aliphatic heterocycles. The predicted molar refractivity (Wildman–Crippen MR) is 209 cm³/mol. The van der Waals surface area contributed by atoms with Gasteiger partial charge in [-0.3, -0.25) is 14.1 Å². The molecule has 0 aliphatic rings. The first kappa shape index (κ1) is 51.4. The quantitative estimate of drug-likeness (QED) is 0.0293. The van der Waals surface area contributed by atoms with Crippen LogP contribution in [0.5, 0.6) is 0 Å². The summed E-state index contributed by atoms with van der Waals surface area (Å²) < 4.78 is 12.0. The molecule has 2 unspecified atom stereocenters. The molecule has 0 heterocycles. The molecule has 1 N–H and O–H groups in total. The van der Waals surface area contributed by atoms with Crippen molar-refractivity contribution in [2.24, 2.45) is 0 Å². The first-order valence-corrected chi connectivity index (χ1v) is 21.6. The minimum Gasteiger partial charge on any atom is -1.00 e. The number of carbonyl (C=O) groups is 2. The third kappa shape index (κ3) is 32.0. The number of aliphatic hydroxyl groups excluding tert-OH is 1. The van der Waals surface area contributed by atoms with Crippen LogP contribution in [0, 0.1) is 0 Å². The van der Waals surface area contributed by atoms with Crippen molar-refractivity contribution in [3.63, 3.8) is 0 Å². The molecular weight excluding hydrogens is 690 g/mol. The normalized spacial score (nSPS) is 12.8. The van der Waals surface area contributed by atoms with Gasteiger partial charge < -0.3 is 31.6 Å². The summed E-state index contributed by atoms with van der Waals surface area (Å²) in [5.41, 5.74) is 0. The zero-order chi connectivity index (χ0) is 36.3. The Bertz CT molecular complexity index is 734. The number of nitrogens with zero attached hydrogens (tertiary/aromatic N) is 1. The summed E-state index contributed by atoms with van der Waals surface area (Å²) in [5, 5.41) is 10.2. The van der Waals surface area contributed by atoms with Crippen LogP contribution in [-0.2, 0) is 19.1 Å². The van der Waals surface area contributed by atoms with Crippen molar-refractivity contribution in [1.82, 2.24) is 0 Å². The van der Waals surface area contributed by atoms with E-state index in [1.165, 1.54) is 154 Å². The van der Waals surface area contributed by atoms with Crippen LogP contribution in [0.4, 0.5) is 0 Å². The monoisotopic (exact) mass is 776 g/mol. The summed E-state index contributed by atoms with van der Waals surface area (Å²) in [6, 6.07) is 0. The van der Waals surface area contributed by atoms with Crippen LogP contribution in [0.3, 0.4) is 0 Å². The van der Waals surface area contributed by atoms with Crippen LogP contribution >= 0.6 is 0 Å². The van der Waals surface area contributed by atoms with E-state index < -0.39 is 12.3 Å². The van der Waals surface area contributed by atoms with Crippen LogP contribution in [-0.4, -0.2) is 61.1 Å². The molecule has 0 amide bonds. The largest absolute Gasteiger partial charge is 1.00 e. The van der Waals surface area contributed by atoms with Gasteiger partial charge in [-0.2, -0.15) is 0 Å². The topological polar surface area (TPSA) is 72.8 Å². The lowest BCUT2D eigenvalue weighted by Crippen LogP contribution is -3.00. The number of rotatable bonds is 38. The Morgan fingerprint density at radius 3 is 0.980 bits per heavy atom. The maximum Gasteiger partial charge on any atom is 0.310 e. The van der Waals surface area contributed by atoms with E-state index >= 15 is 0 Å². The molecule has 0 saturated carbocycles. The molecule has 0 aromatic heterocycles. The molecule has 0 rings (SSSR count). The van der Waals surface area contributed by atoms with Crippen molar-refractivity contribution in [2.45, 2.75) is 239 Å². The molecular formula is C43H86BrNO5. The summed E-state index contributed by atoms with van der Waals surface area (Å²) in [5.74, 6) is -0.579. The van der Waals surface area contributed by atoms with E-state index in [1.54, 1.807) is 0 Å². The maximum atomic E-state index is 12.8. The van der Waals surface area contributed by atoms with Gasteiger partial charge in [0.2, 0.25) is 6.10 Å². The molecule has 7 heteroatoms. The minimum absolute atomic E-state index is 0. The van der Waals surface area contributed by atoms with Gasteiger partial charge in [-0.1, -0.05) is 194 Å². The van der Waals surface area contributed by atoms with Gasteiger partial charge in [0, 0.05) is 12.8 Å². The standard InChI is InChI=1S/C43H86NO5.BrH/c1-6-9-11-13-15-17-19-21-23-25-27-29-31-33-35-37-41(46)48-40(39-45)43(44(4,5)8-3)49-42(47)38-36-34-32-30-28-26-24-22-20-18-16-14-12-10-7-2;/h40,43,45H,6-39H2,1-5H3;1H/q+1;/p-1. The Kier molecular flexibility index (Phi) is 39.2. The maximum absolute atomic E-state index is 12.8. The average molecular weight is 777 g/mol. The lowest BCUT2D eigenvalue weighted by atomic mass is 10.0. The molecule has 2 atom stereocenters. The number of carbonyl (C=O) groups excluding carboxylic acids is 2. The van der Waals surface area contributed by atoms with E-state index in [4.69, 9.17) is 9.47 Å². The van der Waals surface area contributed by atoms with E-state index in [-0.39, 0.29) is 35.5 Å². The Morgan fingerprint density at radius 2 is 0.720 bits per heavy atom. The van der Waals surface area contributed by atoms with E-state index in [0.717, 1.165) is 38.5 Å². The molecule has 0 saturated heterocycles. The van der Waals surface area contributed by atoms with Gasteiger partial charge in [0.25, 0.3) is 6.23 Å². The molecule has 0 fully saturated rings. The van der Waals surface area contributed by atoms with E-state index in [9.17, 15) is 14.7 Å². The second-order valence-electron chi connectivity index (χ2n) is 15.6. The van der Waals surface area contributed by atoms with Crippen molar-refractivity contribution in [1.29, 1.82) is 0 Å². The fraction of sp³-hybridized carbons (Fsp3) is 0.953. The number of ether oxygens (including phenoxy) is 2. The Balaban J connectivity index is 0. The second-order valence-corrected chi connectivity index (χ2v) is 15.6. The fourth-order valence-corrected chi connectivity index (χ4v) is 6.74. The lowest BCUT2D eigenvalue weighted by Gasteiger charge is -2.39. The van der Waals surface area contributed by atoms with Gasteiger partial charge in [0.1, 0.15) is 0 Å². The van der Waals surface area contributed by atoms with Crippen molar-refractivity contribution >= 4 is 11.9 Å². The molecule has 0 radical (unpaired) electrons. The summed E-state index contributed by atoms with van der Waals surface area (Å²) in [4.78, 5) is 25.5. The van der Waals surface area contributed by atoms with Crippen LogP contribution in [0.1, 0.15) is 226 Å². The van der Waals surface area contributed by atoms with Crippen LogP contribution < -0.4 is 17.0 Å². The summed E-state index contributed by atoms with van der Waals surface area (Å²) >= 11 is 0. The average Bonchev–Trinajstić information content (AvgIpc) is 3.09. The highest BCUT2D eigenvalue weighted by molar-refractivity contribution is 5.70.